The van der Waals surface area contributed by atoms with Crippen LogP contribution in [0.5, 0.6) is 11.6 Å². The fourth-order valence-electron chi connectivity index (χ4n) is 3.26. The summed E-state index contributed by atoms with van der Waals surface area (Å²) in [5.74, 6) is 1.49. The van der Waals surface area contributed by atoms with E-state index in [-0.39, 0.29) is 0 Å². The van der Waals surface area contributed by atoms with Crippen LogP contribution in [-0.4, -0.2) is 23.0 Å². The van der Waals surface area contributed by atoms with E-state index in [0.717, 1.165) is 5.75 Å². The summed E-state index contributed by atoms with van der Waals surface area (Å²) in [7, 11) is 0. The summed E-state index contributed by atoms with van der Waals surface area (Å²) in [5.41, 5.74) is 1.32. The van der Waals surface area contributed by atoms with Gasteiger partial charge in [-0.1, -0.05) is 44.0 Å². The third kappa shape index (κ3) is 4.32. The van der Waals surface area contributed by atoms with Gasteiger partial charge in [0.05, 0.1) is 0 Å². The van der Waals surface area contributed by atoms with E-state index in [2.05, 4.69) is 22.9 Å². The lowest BCUT2D eigenvalue weighted by Crippen LogP contribution is -2.34. The molecule has 0 saturated carbocycles. The van der Waals surface area contributed by atoms with Crippen LogP contribution in [-0.2, 0) is 0 Å². The first-order valence-electron chi connectivity index (χ1n) is 8.79. The zero-order chi connectivity index (χ0) is 15.9. The standard InChI is InChI=1S/C20H26N2O/c1-2-3-14-22-15-8-7-11-19(22)17-12-13-20(21-16-17)23-18-9-5-4-6-10-18/h4-6,9-10,12-13,16,19H,2-3,7-8,11,14-15H2,1H3/t19-/m1/s1. The highest BCUT2D eigenvalue weighted by Crippen LogP contribution is 2.31. The fourth-order valence-corrected chi connectivity index (χ4v) is 3.26. The molecular formula is C20H26N2O. The third-order valence-electron chi connectivity index (χ3n) is 4.52. The van der Waals surface area contributed by atoms with Crippen LogP contribution in [0.2, 0.25) is 0 Å². The van der Waals surface area contributed by atoms with Crippen LogP contribution in [0.3, 0.4) is 0 Å². The Morgan fingerprint density at radius 3 is 2.74 bits per heavy atom. The number of rotatable bonds is 6. The van der Waals surface area contributed by atoms with Crippen molar-refractivity contribution in [2.24, 2.45) is 0 Å². The first-order valence-corrected chi connectivity index (χ1v) is 8.79. The van der Waals surface area contributed by atoms with Crippen LogP contribution in [0.15, 0.2) is 48.7 Å². The second-order valence-corrected chi connectivity index (χ2v) is 6.25. The molecule has 3 nitrogen and oxygen atoms in total. The van der Waals surface area contributed by atoms with Crippen molar-refractivity contribution in [3.8, 4) is 11.6 Å². The normalized spacial score (nSPS) is 18.7. The van der Waals surface area contributed by atoms with Crippen LogP contribution in [0.25, 0.3) is 0 Å². The van der Waals surface area contributed by atoms with Gasteiger partial charge in [0, 0.05) is 18.3 Å². The van der Waals surface area contributed by atoms with E-state index in [9.17, 15) is 0 Å². The summed E-state index contributed by atoms with van der Waals surface area (Å²) in [6, 6.07) is 14.5. The topological polar surface area (TPSA) is 25.4 Å². The highest BCUT2D eigenvalue weighted by Gasteiger charge is 2.23. The number of hydrogen-bond donors (Lipinski definition) is 0. The predicted octanol–water partition coefficient (Wildman–Crippen LogP) is 5.20. The van der Waals surface area contributed by atoms with Gasteiger partial charge < -0.3 is 4.74 Å². The number of unbranched alkanes of at least 4 members (excludes halogenated alkanes) is 1. The van der Waals surface area contributed by atoms with Crippen molar-refractivity contribution < 1.29 is 4.74 Å². The minimum Gasteiger partial charge on any atom is -0.439 e. The molecule has 1 aliphatic rings. The van der Waals surface area contributed by atoms with Gasteiger partial charge >= 0.3 is 0 Å². The molecule has 1 saturated heterocycles. The third-order valence-corrected chi connectivity index (χ3v) is 4.52. The van der Waals surface area contributed by atoms with E-state index < -0.39 is 0 Å². The molecule has 0 unspecified atom stereocenters. The van der Waals surface area contributed by atoms with E-state index >= 15 is 0 Å². The van der Waals surface area contributed by atoms with Crippen molar-refractivity contribution in [2.75, 3.05) is 13.1 Å². The number of nitrogens with zero attached hydrogens (tertiary/aromatic N) is 2. The summed E-state index contributed by atoms with van der Waals surface area (Å²) in [6.07, 6.45) is 8.40. The maximum absolute atomic E-state index is 5.79. The van der Waals surface area contributed by atoms with Gasteiger partial charge in [-0.3, -0.25) is 4.90 Å². The molecule has 1 fully saturated rings. The number of aromatic nitrogens is 1. The Balaban J connectivity index is 1.67. The minimum absolute atomic E-state index is 0.522. The maximum atomic E-state index is 5.79. The minimum atomic E-state index is 0.522. The van der Waals surface area contributed by atoms with Crippen LogP contribution in [0.1, 0.15) is 50.6 Å². The van der Waals surface area contributed by atoms with Crippen molar-refractivity contribution >= 4 is 0 Å². The molecule has 2 heterocycles. The number of benzene rings is 1. The number of likely N-dealkylation sites (tertiary alicyclic amines) is 1. The molecule has 0 bridgehead atoms. The molecule has 0 aliphatic carbocycles. The summed E-state index contributed by atoms with van der Waals surface area (Å²) in [6.45, 7) is 4.67. The Labute approximate surface area is 139 Å². The summed E-state index contributed by atoms with van der Waals surface area (Å²) in [5, 5.41) is 0. The van der Waals surface area contributed by atoms with Gasteiger partial charge in [0.1, 0.15) is 5.75 Å². The quantitative estimate of drug-likeness (QED) is 0.733. The largest absolute Gasteiger partial charge is 0.439 e. The number of pyridine rings is 1. The van der Waals surface area contributed by atoms with Crippen molar-refractivity contribution in [3.63, 3.8) is 0 Å². The molecule has 3 heteroatoms. The Morgan fingerprint density at radius 1 is 1.13 bits per heavy atom. The van der Waals surface area contributed by atoms with Gasteiger partial charge in [-0.25, -0.2) is 4.98 Å². The lowest BCUT2D eigenvalue weighted by Gasteiger charge is -2.35. The zero-order valence-corrected chi connectivity index (χ0v) is 13.9. The Bertz CT molecular complexity index is 582. The van der Waals surface area contributed by atoms with Crippen molar-refractivity contribution in [1.29, 1.82) is 0 Å². The number of hydrogen-bond acceptors (Lipinski definition) is 3. The number of para-hydroxylation sites is 1. The lowest BCUT2D eigenvalue weighted by atomic mass is 9.96. The van der Waals surface area contributed by atoms with Crippen molar-refractivity contribution in [1.82, 2.24) is 9.88 Å². The highest BCUT2D eigenvalue weighted by molar-refractivity contribution is 5.28. The molecule has 1 atom stereocenters. The summed E-state index contributed by atoms with van der Waals surface area (Å²) in [4.78, 5) is 7.14. The SMILES string of the molecule is CCCCN1CCCC[C@@H]1c1ccc(Oc2ccccc2)nc1. The van der Waals surface area contributed by atoms with Crippen LogP contribution in [0.4, 0.5) is 0 Å². The van der Waals surface area contributed by atoms with E-state index in [1.807, 2.05) is 42.6 Å². The second kappa shape index (κ2) is 8.11. The second-order valence-electron chi connectivity index (χ2n) is 6.25. The predicted molar refractivity (Wildman–Crippen MR) is 93.8 cm³/mol. The first kappa shape index (κ1) is 16.0. The average molecular weight is 310 g/mol. The Hall–Kier alpha value is -1.87. The van der Waals surface area contributed by atoms with Crippen LogP contribution in [0, 0.1) is 0 Å². The van der Waals surface area contributed by atoms with E-state index in [1.165, 1.54) is 50.8 Å². The molecule has 23 heavy (non-hydrogen) atoms. The Kier molecular flexibility index (Phi) is 5.65. The van der Waals surface area contributed by atoms with Gasteiger partial charge in [-0.05, 0) is 50.0 Å². The fraction of sp³-hybridized carbons (Fsp3) is 0.450. The molecule has 2 aromatic rings. The molecule has 1 aromatic heterocycles. The van der Waals surface area contributed by atoms with Crippen molar-refractivity contribution in [2.45, 2.75) is 45.1 Å². The molecule has 1 aliphatic heterocycles. The molecule has 0 N–H and O–H groups in total. The van der Waals surface area contributed by atoms with Gasteiger partial charge in [0.25, 0.3) is 0 Å². The van der Waals surface area contributed by atoms with Gasteiger partial charge in [-0.15, -0.1) is 0 Å². The van der Waals surface area contributed by atoms with Crippen LogP contribution >= 0.6 is 0 Å². The zero-order valence-electron chi connectivity index (χ0n) is 13.9. The molecule has 0 spiro atoms. The van der Waals surface area contributed by atoms with E-state index in [4.69, 9.17) is 4.74 Å². The smallest absolute Gasteiger partial charge is 0.219 e. The van der Waals surface area contributed by atoms with E-state index in [1.54, 1.807) is 0 Å². The van der Waals surface area contributed by atoms with Gasteiger partial charge in [0.15, 0.2) is 0 Å². The summed E-state index contributed by atoms with van der Waals surface area (Å²) < 4.78 is 5.79. The molecule has 122 valence electrons. The summed E-state index contributed by atoms with van der Waals surface area (Å²) >= 11 is 0. The molecular weight excluding hydrogens is 284 g/mol. The van der Waals surface area contributed by atoms with Gasteiger partial charge in [-0.2, -0.15) is 0 Å². The van der Waals surface area contributed by atoms with E-state index in [0.29, 0.717) is 11.9 Å². The maximum Gasteiger partial charge on any atom is 0.219 e. The lowest BCUT2D eigenvalue weighted by molar-refractivity contribution is 0.146. The molecule has 1 aromatic carbocycles. The highest BCUT2D eigenvalue weighted by atomic mass is 16.5. The van der Waals surface area contributed by atoms with Crippen LogP contribution < -0.4 is 4.74 Å². The molecule has 0 amide bonds. The molecule has 3 rings (SSSR count). The van der Waals surface area contributed by atoms with Crippen molar-refractivity contribution in [3.05, 3.63) is 54.2 Å². The Morgan fingerprint density at radius 2 is 2.00 bits per heavy atom. The average Bonchev–Trinajstić information content (AvgIpc) is 2.62. The van der Waals surface area contributed by atoms with Gasteiger partial charge in [0.2, 0.25) is 5.88 Å². The monoisotopic (exact) mass is 310 g/mol. The first-order chi connectivity index (χ1) is 11.4. The number of piperidine rings is 1. The number of ether oxygens (including phenoxy) is 1. The molecule has 0 radical (unpaired) electrons.